The van der Waals surface area contributed by atoms with Gasteiger partial charge in [0.25, 0.3) is 0 Å². The van der Waals surface area contributed by atoms with Crippen molar-refractivity contribution in [3.8, 4) is 17.1 Å². The predicted molar refractivity (Wildman–Crippen MR) is 493 cm³/mol. The molecule has 22 N–H and O–H groups in total. The smallest absolute Gasteiger partial charge is 0.340 e. The first-order valence-corrected chi connectivity index (χ1v) is 39.8. The maximum Gasteiger partial charge on any atom is 0.340 e. The molecule has 0 saturated carbocycles. The third-order valence-electron chi connectivity index (χ3n) is 18.7. The number of nitrogen functional groups attached to an aromatic ring is 7. The molecule has 0 amide bonds. The summed E-state index contributed by atoms with van der Waals surface area (Å²) in [7, 11) is -2.18. The highest BCUT2D eigenvalue weighted by atomic mass is 32.2. The summed E-state index contributed by atoms with van der Waals surface area (Å²) in [4.78, 5) is 39.4. The summed E-state index contributed by atoms with van der Waals surface area (Å²) in [6.07, 6.45) is 8.38. The van der Waals surface area contributed by atoms with Crippen molar-refractivity contribution >= 4 is 127 Å². The molecule has 32 heteroatoms. The Morgan fingerprint density at radius 2 is 0.870 bits per heavy atom. The summed E-state index contributed by atoms with van der Waals surface area (Å²) >= 11 is 0. The van der Waals surface area contributed by atoms with Gasteiger partial charge in [-0.05, 0) is 152 Å². The maximum atomic E-state index is 11.0. The van der Waals surface area contributed by atoms with Gasteiger partial charge in [0.2, 0.25) is 10.0 Å². The Bertz CT molecular complexity index is 6580. The van der Waals surface area contributed by atoms with Crippen molar-refractivity contribution in [3.05, 3.63) is 320 Å². The second-order valence-corrected chi connectivity index (χ2v) is 30.2. The van der Waals surface area contributed by atoms with Crippen molar-refractivity contribution in [2.75, 3.05) is 47.2 Å². The number of aryl methyl sites for hydroxylation is 10. The number of nitrogens with zero attached hydrogens (tertiary/aromatic N) is 13. The zero-order valence-corrected chi connectivity index (χ0v) is 70.6. The van der Waals surface area contributed by atoms with E-state index in [1.54, 1.807) is 43.8 Å². The van der Waals surface area contributed by atoms with Crippen LogP contribution in [-0.4, -0.2) is 92.9 Å². The number of benzene rings is 10. The molecule has 10 aromatic carbocycles. The normalized spacial score (nSPS) is 11.3. The topological polar surface area (TPSA) is 537 Å². The summed E-state index contributed by atoms with van der Waals surface area (Å²) in [6.45, 7) is 21.0. The molecule has 2 aliphatic heterocycles. The summed E-state index contributed by atoms with van der Waals surface area (Å²) in [5.74, 6) is 5.59. The third-order valence-corrected chi connectivity index (χ3v) is 19.8. The molecule has 17 aromatic rings. The lowest BCUT2D eigenvalue weighted by Gasteiger charge is -2.13. The molecular formula is C91H97N25O6S. The standard InChI is InChI=1S/2C10H10N2.C9H10N4.C9H9N3O.3C9H9N3.2C9H10N2O.C8H11NO3S/c1-7-2-3-9-8(6-7)4-5-12-10(9)11;1-7-2-3-8-4-5-12-10(11)9(8)6-7;1-5-2-3-6-7(4-5)9(11)13-12-8(6)10;1-6-3-2-4-7(5-6)8-10-9(13)12-11-8;1-6-2-3-8-7(4-6)9(10)12-5-11-8;1-6-2-3-8-7(4-6)5-11-12-9(8)10;1-6-2-3-7-5-11-12-9(10)8(7)4-6;1-6-2-3-8-7(4-6)5-12-11-9(8)10;1-6-2-3-7-5-12-11-9(10)8(7)4-6;1-6-3-4-7(12-2)5-8(6)13(9,10)11/h2*2-6H,1H3,(H2,11,12);2-4H,1H3,(H2,10,12)(H2,11,13);2-5H,1H3,(H2,10,11,12,13);2-5H,1H3,(H2,10,11,12);2*2-5H,1H3,(H2,10,12);2*2-4H,5H2,1H3,(H2,10,11);3-5H,1-2H3,(H2,9,10,11). The molecule has 0 spiro atoms. The molecule has 19 rings (SSSR count). The zero-order valence-electron chi connectivity index (χ0n) is 69.8. The van der Waals surface area contributed by atoms with Crippen molar-refractivity contribution in [1.29, 1.82) is 0 Å². The van der Waals surface area contributed by atoms with Crippen LogP contribution >= 0.6 is 0 Å². The van der Waals surface area contributed by atoms with Gasteiger partial charge in [0.1, 0.15) is 42.7 Å². The number of oxime groups is 2. The maximum absolute atomic E-state index is 11.0. The lowest BCUT2D eigenvalue weighted by atomic mass is 10.0. The van der Waals surface area contributed by atoms with Crippen molar-refractivity contribution in [3.63, 3.8) is 0 Å². The molecule has 2 aliphatic rings. The van der Waals surface area contributed by atoms with Crippen molar-refractivity contribution < 1.29 is 22.8 Å². The second kappa shape index (κ2) is 41.5. The molecule has 7 aromatic heterocycles. The van der Waals surface area contributed by atoms with E-state index in [4.69, 9.17) is 71.2 Å². The van der Waals surface area contributed by atoms with Crippen LogP contribution < -0.4 is 67.2 Å². The van der Waals surface area contributed by atoms with Gasteiger partial charge in [-0.2, -0.15) is 15.3 Å². The molecule has 0 aliphatic carbocycles. The van der Waals surface area contributed by atoms with Gasteiger partial charge in [-0.15, -0.1) is 20.4 Å². The minimum atomic E-state index is -3.65. The number of hydrogen-bond donors (Lipinski definition) is 12. The largest absolute Gasteiger partial charge is 0.497 e. The van der Waals surface area contributed by atoms with E-state index < -0.39 is 10.0 Å². The minimum absolute atomic E-state index is 0.104. The van der Waals surface area contributed by atoms with Crippen LogP contribution in [0.5, 0.6) is 5.75 Å². The van der Waals surface area contributed by atoms with Crippen molar-refractivity contribution in [2.45, 2.75) is 87.3 Å². The summed E-state index contributed by atoms with van der Waals surface area (Å²) in [5.41, 5.74) is 68.0. The molecule has 9 heterocycles. The van der Waals surface area contributed by atoms with E-state index in [9.17, 15) is 13.2 Å². The molecule has 628 valence electrons. The minimum Gasteiger partial charge on any atom is -0.497 e. The third kappa shape index (κ3) is 24.9. The summed E-state index contributed by atoms with van der Waals surface area (Å²) < 4.78 is 27.0. The lowest BCUT2D eigenvalue weighted by molar-refractivity contribution is 0.125. The number of anilines is 7. The Kier molecular flexibility index (Phi) is 30.2. The molecule has 0 saturated heterocycles. The molecule has 0 unspecified atom stereocenters. The fourth-order valence-corrected chi connectivity index (χ4v) is 13.2. The highest BCUT2D eigenvalue weighted by molar-refractivity contribution is 7.89. The molecular weight excluding hydrogens is 1570 g/mol. The van der Waals surface area contributed by atoms with Crippen molar-refractivity contribution in [2.24, 2.45) is 26.9 Å². The van der Waals surface area contributed by atoms with E-state index in [2.05, 4.69) is 113 Å². The number of ether oxygens (including phenoxy) is 1. The van der Waals surface area contributed by atoms with E-state index in [1.807, 2.05) is 207 Å². The van der Waals surface area contributed by atoms with Gasteiger partial charge in [-0.3, -0.25) is 4.98 Å². The van der Waals surface area contributed by atoms with E-state index in [0.29, 0.717) is 82.7 Å². The van der Waals surface area contributed by atoms with E-state index >= 15 is 0 Å². The molecule has 0 bridgehead atoms. The van der Waals surface area contributed by atoms with Gasteiger partial charge < -0.3 is 66.0 Å². The number of hydrogen-bond acceptors (Lipinski definition) is 28. The number of nitrogens with one attached hydrogen (secondary N) is 2. The Morgan fingerprint density at radius 3 is 1.50 bits per heavy atom. The van der Waals surface area contributed by atoms with E-state index in [-0.39, 0.29) is 10.6 Å². The lowest BCUT2D eigenvalue weighted by Crippen LogP contribution is -2.20. The van der Waals surface area contributed by atoms with Gasteiger partial charge in [0.05, 0.1) is 29.9 Å². The van der Waals surface area contributed by atoms with Crippen LogP contribution in [0.3, 0.4) is 0 Å². The van der Waals surface area contributed by atoms with Crippen LogP contribution in [-0.2, 0) is 32.9 Å². The fourth-order valence-electron chi connectivity index (χ4n) is 12.4. The number of sulfonamides is 1. The van der Waals surface area contributed by atoms with Crippen LogP contribution in [0.15, 0.2) is 251 Å². The first kappa shape index (κ1) is 89.5. The number of nitrogens with two attached hydrogens (primary N) is 10. The number of H-pyrrole nitrogens is 2. The molecule has 0 atom stereocenters. The Balaban J connectivity index is 0.000000143. The number of aromatic nitrogens is 13. The van der Waals surface area contributed by atoms with Crippen LogP contribution in [0, 0.1) is 69.2 Å². The van der Waals surface area contributed by atoms with Crippen molar-refractivity contribution in [1.82, 2.24) is 65.7 Å². The van der Waals surface area contributed by atoms with E-state index in [0.717, 1.165) is 104 Å². The predicted octanol–water partition coefficient (Wildman–Crippen LogP) is 13.9. The van der Waals surface area contributed by atoms with Gasteiger partial charge in [-0.25, -0.2) is 43.4 Å². The van der Waals surface area contributed by atoms with E-state index in [1.165, 1.54) is 58.4 Å². The quantitative estimate of drug-likeness (QED) is 0.0781. The van der Waals surface area contributed by atoms with Crippen LogP contribution in [0.4, 0.5) is 40.7 Å². The highest BCUT2D eigenvalue weighted by Crippen LogP contribution is 2.28. The Hall–Kier alpha value is -15.8. The number of fused-ring (bicyclic) bond motifs is 8. The van der Waals surface area contributed by atoms with Gasteiger partial charge in [0, 0.05) is 94.8 Å². The molecule has 0 fully saturated rings. The van der Waals surface area contributed by atoms with Gasteiger partial charge >= 0.3 is 5.69 Å². The monoisotopic (exact) mass is 1670 g/mol. The molecule has 0 radical (unpaired) electrons. The van der Waals surface area contributed by atoms with Gasteiger partial charge in [-0.1, -0.05) is 188 Å². The first-order chi connectivity index (χ1) is 58.8. The number of rotatable bonds is 3. The summed E-state index contributed by atoms with van der Waals surface area (Å²) in [6, 6.07) is 64.8. The number of primary sulfonamides is 1. The number of aromatic amines is 2. The second-order valence-electron chi connectivity index (χ2n) is 28.7. The van der Waals surface area contributed by atoms with Crippen LogP contribution in [0.25, 0.3) is 76.2 Å². The molecule has 31 nitrogen and oxygen atoms in total. The summed E-state index contributed by atoms with van der Waals surface area (Å²) in [5, 5.41) is 52.2. The Morgan fingerprint density at radius 1 is 0.390 bits per heavy atom. The Labute approximate surface area is 710 Å². The van der Waals surface area contributed by atoms with Gasteiger partial charge in [0.15, 0.2) is 40.8 Å². The fraction of sp³-hybridized carbons (Fsp3) is 0.143. The number of amidine groups is 2. The number of pyridine rings is 2. The first-order valence-electron chi connectivity index (χ1n) is 38.2. The zero-order chi connectivity index (χ0) is 88.6. The molecule has 123 heavy (non-hydrogen) atoms. The average Bonchev–Trinajstić information content (AvgIpc) is 1.78. The van der Waals surface area contributed by atoms with Crippen LogP contribution in [0.1, 0.15) is 77.9 Å². The number of methoxy groups -OCH3 is 1. The highest BCUT2D eigenvalue weighted by Gasteiger charge is 2.16. The van der Waals surface area contributed by atoms with Crippen LogP contribution in [0.2, 0.25) is 0 Å². The SMILES string of the molecule is COc1ccc(C)c(S(N)(=O)=O)c1.Cc1ccc2c(N)nccc2c1.Cc1ccc2c(N)nnc(N)c2c1.Cc1ccc2c(N)nncc2c1.Cc1ccc2c(c1)C(N)=NOC2.Cc1ccc2c(c1)CON=C2N.Cc1ccc2ccnc(N)c2c1.Cc1ccc2cnnc(N)c2c1.Cc1ccc2ncnc(N)c2c1.Cc1cccc(-c2n[nH]c(=O)[nH]2)c1. The average molecular weight is 1670 g/mol.